The summed E-state index contributed by atoms with van der Waals surface area (Å²) >= 11 is 18.8. The van der Waals surface area contributed by atoms with Gasteiger partial charge in [0.2, 0.25) is 0 Å². The highest BCUT2D eigenvalue weighted by Crippen LogP contribution is 2.54. The summed E-state index contributed by atoms with van der Waals surface area (Å²) in [6.45, 7) is 0. The number of nitro groups is 1. The van der Waals surface area contributed by atoms with E-state index in [-0.39, 0.29) is 28.5 Å². The van der Waals surface area contributed by atoms with Crippen LogP contribution in [0.1, 0.15) is 29.5 Å². The van der Waals surface area contributed by atoms with Gasteiger partial charge in [0.05, 0.1) is 27.2 Å². The second-order valence-electron chi connectivity index (χ2n) is 6.25. The predicted octanol–water partition coefficient (Wildman–Crippen LogP) is 6.38. The average Bonchev–Trinajstić information content (AvgIpc) is 3.04. The summed E-state index contributed by atoms with van der Waals surface area (Å²) < 4.78 is 0. The second-order valence-corrected chi connectivity index (χ2v) is 7.50. The van der Waals surface area contributed by atoms with Crippen molar-refractivity contribution in [2.24, 2.45) is 5.92 Å². The van der Waals surface area contributed by atoms with Crippen LogP contribution in [-0.2, 0) is 0 Å². The van der Waals surface area contributed by atoms with Crippen molar-refractivity contribution < 1.29 is 4.92 Å². The summed E-state index contributed by atoms with van der Waals surface area (Å²) in [4.78, 5) is 11.1. The van der Waals surface area contributed by atoms with Gasteiger partial charge < -0.3 is 5.32 Å². The van der Waals surface area contributed by atoms with Gasteiger partial charge in [-0.15, -0.1) is 0 Å². The number of anilines is 1. The largest absolute Gasteiger partial charge is 0.376 e. The Kier molecular flexibility index (Phi) is 4.14. The van der Waals surface area contributed by atoms with Crippen molar-refractivity contribution in [2.45, 2.75) is 18.4 Å². The van der Waals surface area contributed by atoms with Crippen LogP contribution in [0.15, 0.2) is 42.5 Å². The molecule has 0 saturated heterocycles. The molecule has 2 aliphatic rings. The number of nitrogens with one attached hydrogen (secondary N) is 1. The first-order chi connectivity index (χ1) is 12.0. The quantitative estimate of drug-likeness (QED) is 0.364. The third kappa shape index (κ3) is 2.69. The number of rotatable bonds is 2. The van der Waals surface area contributed by atoms with Gasteiger partial charge in [0, 0.05) is 22.0 Å². The molecule has 128 valence electrons. The molecule has 1 aliphatic heterocycles. The zero-order chi connectivity index (χ0) is 17.7. The van der Waals surface area contributed by atoms with Crippen molar-refractivity contribution in [1.82, 2.24) is 0 Å². The van der Waals surface area contributed by atoms with Crippen LogP contribution >= 0.6 is 34.8 Å². The van der Waals surface area contributed by atoms with Gasteiger partial charge >= 0.3 is 0 Å². The van der Waals surface area contributed by atoms with Crippen LogP contribution in [-0.4, -0.2) is 4.92 Å². The summed E-state index contributed by atoms with van der Waals surface area (Å²) in [5.41, 5.74) is 2.27. The van der Waals surface area contributed by atoms with Gasteiger partial charge in [-0.05, 0) is 36.1 Å². The van der Waals surface area contributed by atoms with E-state index in [0.717, 1.165) is 12.0 Å². The van der Waals surface area contributed by atoms with E-state index in [1.165, 1.54) is 6.07 Å². The number of fused-ring (bicyclic) bond motifs is 3. The molecule has 0 fully saturated rings. The fourth-order valence-electron chi connectivity index (χ4n) is 3.88. The van der Waals surface area contributed by atoms with Crippen molar-refractivity contribution in [3.05, 3.63) is 78.8 Å². The molecule has 2 aromatic carbocycles. The molecule has 0 aromatic heterocycles. The molecule has 1 N–H and O–H groups in total. The van der Waals surface area contributed by atoms with Crippen molar-refractivity contribution in [3.8, 4) is 0 Å². The Morgan fingerprint density at radius 1 is 1.12 bits per heavy atom. The molecule has 0 unspecified atom stereocenters. The molecule has 0 radical (unpaired) electrons. The Hall–Kier alpha value is -1.75. The van der Waals surface area contributed by atoms with E-state index in [2.05, 4.69) is 11.4 Å². The first kappa shape index (κ1) is 16.7. The van der Waals surface area contributed by atoms with Crippen LogP contribution in [0.3, 0.4) is 0 Å². The first-order valence-electron chi connectivity index (χ1n) is 7.82. The van der Waals surface area contributed by atoms with Crippen LogP contribution in [0.25, 0.3) is 0 Å². The lowest BCUT2D eigenvalue weighted by Crippen LogP contribution is -2.30. The molecule has 1 heterocycles. The standard InChI is InChI=1S/C18H13Cl3N2O2/c19-9-4-5-12(14(21)8-9)17-11-3-1-2-10(11)16-15(23(24)25)7-6-13(20)18(16)22-17/h1-2,4-8,10-11,17,22H,3H2/t10-,11+,17+/m0/s1. The molecule has 1 aliphatic carbocycles. The maximum Gasteiger partial charge on any atom is 0.275 e. The minimum atomic E-state index is -0.352. The van der Waals surface area contributed by atoms with Crippen LogP contribution in [0.5, 0.6) is 0 Å². The Bertz CT molecular complexity index is 913. The van der Waals surface area contributed by atoms with Gasteiger partial charge in [-0.2, -0.15) is 0 Å². The number of halogens is 3. The normalized spacial score (nSPS) is 23.7. The topological polar surface area (TPSA) is 55.2 Å². The summed E-state index contributed by atoms with van der Waals surface area (Å²) in [6.07, 6.45) is 4.91. The number of allylic oxidation sites excluding steroid dienone is 2. The van der Waals surface area contributed by atoms with E-state index in [4.69, 9.17) is 34.8 Å². The number of nitrogens with zero attached hydrogens (tertiary/aromatic N) is 1. The van der Waals surface area contributed by atoms with Gasteiger partial charge in [0.25, 0.3) is 5.69 Å². The minimum absolute atomic E-state index is 0.0768. The molecular weight excluding hydrogens is 383 g/mol. The van der Waals surface area contributed by atoms with Crippen LogP contribution in [0.4, 0.5) is 11.4 Å². The molecule has 0 saturated carbocycles. The van der Waals surface area contributed by atoms with Gasteiger partial charge in [-0.1, -0.05) is 53.0 Å². The Morgan fingerprint density at radius 2 is 1.92 bits per heavy atom. The van der Waals surface area contributed by atoms with Crippen molar-refractivity contribution in [1.29, 1.82) is 0 Å². The average molecular weight is 396 g/mol. The second kappa shape index (κ2) is 6.20. The summed E-state index contributed by atoms with van der Waals surface area (Å²) in [5, 5.41) is 16.5. The molecule has 7 heteroatoms. The number of hydrogen-bond donors (Lipinski definition) is 1. The van der Waals surface area contributed by atoms with E-state index in [0.29, 0.717) is 26.3 Å². The van der Waals surface area contributed by atoms with E-state index >= 15 is 0 Å². The van der Waals surface area contributed by atoms with Gasteiger partial charge in [-0.25, -0.2) is 0 Å². The monoisotopic (exact) mass is 394 g/mol. The highest BCUT2D eigenvalue weighted by atomic mass is 35.5. The molecule has 2 aromatic rings. The molecule has 0 amide bonds. The first-order valence-corrected chi connectivity index (χ1v) is 8.95. The smallest absolute Gasteiger partial charge is 0.275 e. The van der Waals surface area contributed by atoms with Crippen LogP contribution < -0.4 is 5.32 Å². The lowest BCUT2D eigenvalue weighted by molar-refractivity contribution is -0.385. The SMILES string of the molecule is O=[N+]([O-])c1ccc(Cl)c2c1[C@H]1C=CC[C@H]1[C@H](c1ccc(Cl)cc1Cl)N2. The summed E-state index contributed by atoms with van der Waals surface area (Å²) in [7, 11) is 0. The molecule has 25 heavy (non-hydrogen) atoms. The van der Waals surface area contributed by atoms with Gasteiger partial charge in [-0.3, -0.25) is 10.1 Å². The zero-order valence-corrected chi connectivity index (χ0v) is 15.1. The van der Waals surface area contributed by atoms with Crippen molar-refractivity contribution in [2.75, 3.05) is 5.32 Å². The van der Waals surface area contributed by atoms with Gasteiger partial charge in [0.15, 0.2) is 0 Å². The van der Waals surface area contributed by atoms with E-state index < -0.39 is 0 Å². The molecule has 3 atom stereocenters. The lowest BCUT2D eigenvalue weighted by atomic mass is 9.76. The minimum Gasteiger partial charge on any atom is -0.376 e. The fraction of sp³-hybridized carbons (Fsp3) is 0.222. The lowest BCUT2D eigenvalue weighted by Gasteiger charge is -2.37. The molecule has 0 bridgehead atoms. The van der Waals surface area contributed by atoms with Gasteiger partial charge in [0.1, 0.15) is 0 Å². The van der Waals surface area contributed by atoms with Crippen molar-refractivity contribution >= 4 is 46.2 Å². The van der Waals surface area contributed by atoms with E-state index in [1.54, 1.807) is 18.2 Å². The number of benzene rings is 2. The maximum absolute atomic E-state index is 11.5. The highest BCUT2D eigenvalue weighted by Gasteiger charge is 2.42. The molecule has 4 nitrogen and oxygen atoms in total. The number of nitro benzene ring substituents is 1. The Morgan fingerprint density at radius 3 is 2.64 bits per heavy atom. The zero-order valence-electron chi connectivity index (χ0n) is 12.9. The fourth-order valence-corrected chi connectivity index (χ4v) is 4.62. The predicted molar refractivity (Wildman–Crippen MR) is 101 cm³/mol. The van der Waals surface area contributed by atoms with Crippen molar-refractivity contribution in [3.63, 3.8) is 0 Å². The molecule has 0 spiro atoms. The Labute approximate surface area is 159 Å². The molecular formula is C18H13Cl3N2O2. The van der Waals surface area contributed by atoms with E-state index in [1.807, 2.05) is 12.1 Å². The van der Waals surface area contributed by atoms with Crippen LogP contribution in [0.2, 0.25) is 15.1 Å². The number of hydrogen-bond acceptors (Lipinski definition) is 3. The summed E-state index contributed by atoms with van der Waals surface area (Å²) in [6, 6.07) is 8.34. The third-order valence-corrected chi connectivity index (χ3v) is 5.82. The Balaban J connectivity index is 1.89. The summed E-state index contributed by atoms with van der Waals surface area (Å²) in [5.74, 6) is 0.0513. The third-order valence-electron chi connectivity index (χ3n) is 4.94. The highest BCUT2D eigenvalue weighted by molar-refractivity contribution is 6.35. The van der Waals surface area contributed by atoms with Crippen LogP contribution in [0, 0.1) is 16.0 Å². The van der Waals surface area contributed by atoms with E-state index in [9.17, 15) is 10.1 Å². The molecule has 4 rings (SSSR count). The maximum atomic E-state index is 11.5.